The Bertz CT molecular complexity index is 421. The van der Waals surface area contributed by atoms with E-state index in [-0.39, 0.29) is 10.0 Å². The van der Waals surface area contributed by atoms with Crippen molar-refractivity contribution >= 4 is 37.6 Å². The standard InChI is InChI=1S/C6H6BrClN2O2S/c1-9-13(11,12)5-2-4(7)3-10-6(5)8/h2-3,9H,1H3. The molecule has 72 valence electrons. The number of rotatable bonds is 2. The van der Waals surface area contributed by atoms with E-state index in [1.54, 1.807) is 0 Å². The van der Waals surface area contributed by atoms with Crippen molar-refractivity contribution in [2.24, 2.45) is 0 Å². The Labute approximate surface area is 89.5 Å². The lowest BCUT2D eigenvalue weighted by atomic mass is 10.5. The van der Waals surface area contributed by atoms with E-state index in [0.29, 0.717) is 4.47 Å². The fraction of sp³-hybridized carbons (Fsp3) is 0.167. The average molecular weight is 286 g/mol. The van der Waals surface area contributed by atoms with E-state index in [1.165, 1.54) is 19.3 Å². The normalized spacial score (nSPS) is 11.6. The summed E-state index contributed by atoms with van der Waals surface area (Å²) < 4.78 is 25.3. The summed E-state index contributed by atoms with van der Waals surface area (Å²) in [7, 11) is -2.21. The number of sulfonamides is 1. The van der Waals surface area contributed by atoms with Crippen LogP contribution >= 0.6 is 27.5 Å². The van der Waals surface area contributed by atoms with Gasteiger partial charge in [0.1, 0.15) is 10.0 Å². The summed E-state index contributed by atoms with van der Waals surface area (Å²) in [5.41, 5.74) is 0. The van der Waals surface area contributed by atoms with Crippen LogP contribution in [-0.4, -0.2) is 20.4 Å². The molecule has 0 aliphatic heterocycles. The topological polar surface area (TPSA) is 59.1 Å². The van der Waals surface area contributed by atoms with Gasteiger partial charge in [-0.25, -0.2) is 18.1 Å². The van der Waals surface area contributed by atoms with Gasteiger partial charge in [0, 0.05) is 10.7 Å². The van der Waals surface area contributed by atoms with Gasteiger partial charge in [-0.3, -0.25) is 0 Å². The number of aromatic nitrogens is 1. The van der Waals surface area contributed by atoms with Gasteiger partial charge in [0.2, 0.25) is 10.0 Å². The van der Waals surface area contributed by atoms with Gasteiger partial charge in [0.15, 0.2) is 0 Å². The van der Waals surface area contributed by atoms with Crippen LogP contribution in [0.3, 0.4) is 0 Å². The van der Waals surface area contributed by atoms with Crippen molar-refractivity contribution in [3.8, 4) is 0 Å². The van der Waals surface area contributed by atoms with Crippen LogP contribution in [0.2, 0.25) is 5.15 Å². The highest BCUT2D eigenvalue weighted by atomic mass is 79.9. The van der Waals surface area contributed by atoms with Crippen LogP contribution in [0.1, 0.15) is 0 Å². The summed E-state index contributed by atoms with van der Waals surface area (Å²) in [4.78, 5) is 3.66. The molecule has 4 nitrogen and oxygen atoms in total. The van der Waals surface area contributed by atoms with Crippen LogP contribution in [0.5, 0.6) is 0 Å². The molecular weight excluding hydrogens is 280 g/mol. The molecule has 0 atom stereocenters. The minimum Gasteiger partial charge on any atom is -0.242 e. The van der Waals surface area contributed by atoms with E-state index in [2.05, 4.69) is 25.6 Å². The van der Waals surface area contributed by atoms with Gasteiger partial charge in [-0.05, 0) is 29.0 Å². The van der Waals surface area contributed by atoms with Crippen LogP contribution in [0, 0.1) is 0 Å². The maximum Gasteiger partial charge on any atom is 0.243 e. The van der Waals surface area contributed by atoms with Crippen LogP contribution < -0.4 is 4.72 Å². The Kier molecular flexibility index (Phi) is 3.28. The molecule has 0 fully saturated rings. The molecule has 13 heavy (non-hydrogen) atoms. The molecule has 0 saturated heterocycles. The van der Waals surface area contributed by atoms with Crippen molar-refractivity contribution in [1.29, 1.82) is 0 Å². The molecule has 0 radical (unpaired) electrons. The molecule has 7 heteroatoms. The molecule has 0 unspecified atom stereocenters. The Balaban J connectivity index is 3.38. The third kappa shape index (κ3) is 2.40. The highest BCUT2D eigenvalue weighted by Crippen LogP contribution is 2.21. The molecule has 0 aliphatic rings. The highest BCUT2D eigenvalue weighted by Gasteiger charge is 2.16. The predicted molar refractivity (Wildman–Crippen MR) is 53.2 cm³/mol. The zero-order valence-electron chi connectivity index (χ0n) is 6.58. The molecule has 0 spiro atoms. The van der Waals surface area contributed by atoms with Gasteiger partial charge < -0.3 is 0 Å². The number of nitrogens with zero attached hydrogens (tertiary/aromatic N) is 1. The van der Waals surface area contributed by atoms with Gasteiger partial charge >= 0.3 is 0 Å². The Morgan fingerprint density at radius 2 is 2.23 bits per heavy atom. The summed E-state index contributed by atoms with van der Waals surface area (Å²) in [5.74, 6) is 0. The zero-order chi connectivity index (χ0) is 10.1. The molecule has 0 saturated carbocycles. The van der Waals surface area contributed by atoms with Crippen LogP contribution in [0.15, 0.2) is 21.6 Å². The number of pyridine rings is 1. The quantitative estimate of drug-likeness (QED) is 0.836. The largest absolute Gasteiger partial charge is 0.243 e. The molecule has 0 bridgehead atoms. The first-order valence-electron chi connectivity index (χ1n) is 3.22. The maximum atomic E-state index is 11.3. The summed E-state index contributed by atoms with van der Waals surface area (Å²) in [5, 5.41) is -0.0439. The molecule has 1 aromatic rings. The van der Waals surface area contributed by atoms with E-state index in [4.69, 9.17) is 11.6 Å². The first kappa shape index (κ1) is 10.9. The van der Waals surface area contributed by atoms with Crippen molar-refractivity contribution in [1.82, 2.24) is 9.71 Å². The zero-order valence-corrected chi connectivity index (χ0v) is 9.74. The number of hydrogen-bond acceptors (Lipinski definition) is 3. The minimum atomic E-state index is -3.53. The van der Waals surface area contributed by atoms with Crippen LogP contribution in [0.25, 0.3) is 0 Å². The third-order valence-corrected chi connectivity index (χ3v) is 3.61. The van der Waals surface area contributed by atoms with Gasteiger partial charge in [0.25, 0.3) is 0 Å². The van der Waals surface area contributed by atoms with Crippen LogP contribution in [-0.2, 0) is 10.0 Å². The van der Waals surface area contributed by atoms with Crippen LogP contribution in [0.4, 0.5) is 0 Å². The lowest BCUT2D eigenvalue weighted by Gasteiger charge is -2.03. The van der Waals surface area contributed by atoms with E-state index < -0.39 is 10.0 Å². The van der Waals surface area contributed by atoms with E-state index in [9.17, 15) is 8.42 Å². The second kappa shape index (κ2) is 3.91. The van der Waals surface area contributed by atoms with Crippen molar-refractivity contribution in [3.63, 3.8) is 0 Å². The average Bonchev–Trinajstić information content (AvgIpc) is 2.09. The maximum absolute atomic E-state index is 11.3. The monoisotopic (exact) mass is 284 g/mol. The lowest BCUT2D eigenvalue weighted by molar-refractivity contribution is 0.588. The van der Waals surface area contributed by atoms with E-state index in [1.807, 2.05) is 0 Å². The summed E-state index contributed by atoms with van der Waals surface area (Å²) >= 11 is 8.71. The Hall–Kier alpha value is -0.170. The van der Waals surface area contributed by atoms with Crippen molar-refractivity contribution < 1.29 is 8.42 Å². The Morgan fingerprint density at radius 3 is 2.77 bits per heavy atom. The molecule has 0 aliphatic carbocycles. The summed E-state index contributed by atoms with van der Waals surface area (Å²) in [6.07, 6.45) is 1.43. The molecule has 0 amide bonds. The lowest BCUT2D eigenvalue weighted by Crippen LogP contribution is -2.19. The van der Waals surface area contributed by atoms with E-state index in [0.717, 1.165) is 0 Å². The highest BCUT2D eigenvalue weighted by molar-refractivity contribution is 9.10. The smallest absolute Gasteiger partial charge is 0.242 e. The number of halogens is 2. The van der Waals surface area contributed by atoms with Crippen molar-refractivity contribution in [2.75, 3.05) is 7.05 Å². The second-order valence-electron chi connectivity index (χ2n) is 2.15. The molecule has 1 rings (SSSR count). The third-order valence-electron chi connectivity index (χ3n) is 1.33. The second-order valence-corrected chi connectivity index (χ2v) is 5.28. The molecule has 0 aromatic carbocycles. The van der Waals surface area contributed by atoms with Gasteiger partial charge in [-0.15, -0.1) is 0 Å². The molecular formula is C6H6BrClN2O2S. The van der Waals surface area contributed by atoms with E-state index >= 15 is 0 Å². The number of nitrogens with one attached hydrogen (secondary N) is 1. The Morgan fingerprint density at radius 1 is 1.62 bits per heavy atom. The molecule has 1 heterocycles. The van der Waals surface area contributed by atoms with Gasteiger partial charge in [-0.2, -0.15) is 0 Å². The molecule has 1 aromatic heterocycles. The molecule has 1 N–H and O–H groups in total. The number of hydrogen-bond donors (Lipinski definition) is 1. The SMILES string of the molecule is CNS(=O)(=O)c1cc(Br)cnc1Cl. The fourth-order valence-corrected chi connectivity index (χ4v) is 2.37. The van der Waals surface area contributed by atoms with Crippen molar-refractivity contribution in [2.45, 2.75) is 4.90 Å². The first-order chi connectivity index (χ1) is 5.97. The summed E-state index contributed by atoms with van der Waals surface area (Å²) in [6.45, 7) is 0. The van der Waals surface area contributed by atoms with Gasteiger partial charge in [0.05, 0.1) is 0 Å². The van der Waals surface area contributed by atoms with Gasteiger partial charge in [-0.1, -0.05) is 11.6 Å². The van der Waals surface area contributed by atoms with Crippen molar-refractivity contribution in [3.05, 3.63) is 21.9 Å². The summed E-state index contributed by atoms with van der Waals surface area (Å²) in [6, 6.07) is 1.39. The predicted octanol–water partition coefficient (Wildman–Crippen LogP) is 1.41. The fourth-order valence-electron chi connectivity index (χ4n) is 0.702. The minimum absolute atomic E-state index is 0.0361. The first-order valence-corrected chi connectivity index (χ1v) is 5.87.